The van der Waals surface area contributed by atoms with Gasteiger partial charge in [0, 0.05) is 6.92 Å². The second kappa shape index (κ2) is 3.67. The SMILES string of the molecule is CC(O)(O)OCc1ccccc1. The minimum atomic E-state index is -2.05. The van der Waals surface area contributed by atoms with Crippen LogP contribution in [-0.4, -0.2) is 16.2 Å². The molecule has 0 saturated carbocycles. The fraction of sp³-hybridized carbons (Fsp3) is 0.333. The van der Waals surface area contributed by atoms with Gasteiger partial charge >= 0.3 is 0 Å². The highest BCUT2D eigenvalue weighted by molar-refractivity contribution is 5.13. The summed E-state index contributed by atoms with van der Waals surface area (Å²) in [6, 6.07) is 9.33. The highest BCUT2D eigenvalue weighted by Crippen LogP contribution is 2.06. The summed E-state index contributed by atoms with van der Waals surface area (Å²) in [6.07, 6.45) is 0. The van der Waals surface area contributed by atoms with E-state index in [1.807, 2.05) is 30.3 Å². The van der Waals surface area contributed by atoms with Crippen molar-refractivity contribution in [2.75, 3.05) is 0 Å². The van der Waals surface area contributed by atoms with Crippen LogP contribution in [0.15, 0.2) is 30.3 Å². The summed E-state index contributed by atoms with van der Waals surface area (Å²) < 4.78 is 4.73. The molecule has 3 nitrogen and oxygen atoms in total. The van der Waals surface area contributed by atoms with Crippen LogP contribution in [0.5, 0.6) is 0 Å². The molecule has 0 aliphatic carbocycles. The number of hydrogen-bond acceptors (Lipinski definition) is 3. The molecular weight excluding hydrogens is 156 g/mol. The summed E-state index contributed by atoms with van der Waals surface area (Å²) in [4.78, 5) is 0. The maximum Gasteiger partial charge on any atom is 0.275 e. The van der Waals surface area contributed by atoms with Crippen molar-refractivity contribution >= 4 is 0 Å². The topological polar surface area (TPSA) is 49.7 Å². The monoisotopic (exact) mass is 168 g/mol. The van der Waals surface area contributed by atoms with Crippen LogP contribution in [0.4, 0.5) is 0 Å². The van der Waals surface area contributed by atoms with Gasteiger partial charge in [-0.05, 0) is 5.56 Å². The van der Waals surface area contributed by atoms with E-state index >= 15 is 0 Å². The first-order valence-corrected chi connectivity index (χ1v) is 3.70. The van der Waals surface area contributed by atoms with E-state index in [1.54, 1.807) is 0 Å². The molecular formula is C9H12O3. The van der Waals surface area contributed by atoms with E-state index in [1.165, 1.54) is 6.92 Å². The molecule has 0 amide bonds. The Bertz CT molecular complexity index is 225. The molecule has 1 aromatic rings. The van der Waals surface area contributed by atoms with Gasteiger partial charge in [-0.2, -0.15) is 0 Å². The number of rotatable bonds is 3. The summed E-state index contributed by atoms with van der Waals surface area (Å²) in [5.41, 5.74) is 0.909. The highest BCUT2D eigenvalue weighted by atomic mass is 16.8. The van der Waals surface area contributed by atoms with Crippen molar-refractivity contribution in [3.05, 3.63) is 35.9 Å². The van der Waals surface area contributed by atoms with Crippen LogP contribution >= 0.6 is 0 Å². The number of aliphatic hydroxyl groups is 2. The molecule has 0 unspecified atom stereocenters. The van der Waals surface area contributed by atoms with Gasteiger partial charge in [0.2, 0.25) is 0 Å². The quantitative estimate of drug-likeness (QED) is 0.658. The molecule has 66 valence electrons. The van der Waals surface area contributed by atoms with Crippen LogP contribution in [0.3, 0.4) is 0 Å². The Balaban J connectivity index is 2.44. The van der Waals surface area contributed by atoms with Crippen LogP contribution in [0.1, 0.15) is 12.5 Å². The first kappa shape index (κ1) is 9.19. The van der Waals surface area contributed by atoms with Crippen molar-refractivity contribution in [2.24, 2.45) is 0 Å². The zero-order valence-electron chi connectivity index (χ0n) is 6.90. The van der Waals surface area contributed by atoms with Crippen LogP contribution in [0, 0.1) is 0 Å². The zero-order chi connectivity index (χ0) is 9.03. The van der Waals surface area contributed by atoms with E-state index in [9.17, 15) is 0 Å². The first-order chi connectivity index (χ1) is 5.58. The van der Waals surface area contributed by atoms with Gasteiger partial charge in [-0.3, -0.25) is 0 Å². The van der Waals surface area contributed by atoms with Crippen molar-refractivity contribution in [2.45, 2.75) is 19.5 Å². The van der Waals surface area contributed by atoms with Crippen molar-refractivity contribution in [3.8, 4) is 0 Å². The van der Waals surface area contributed by atoms with E-state index < -0.39 is 5.97 Å². The average molecular weight is 168 g/mol. The van der Waals surface area contributed by atoms with Gasteiger partial charge in [0.1, 0.15) is 0 Å². The summed E-state index contributed by atoms with van der Waals surface area (Å²) >= 11 is 0. The summed E-state index contributed by atoms with van der Waals surface area (Å²) in [7, 11) is 0. The van der Waals surface area contributed by atoms with Gasteiger partial charge in [-0.1, -0.05) is 30.3 Å². The van der Waals surface area contributed by atoms with Crippen LogP contribution in [-0.2, 0) is 11.3 Å². The zero-order valence-corrected chi connectivity index (χ0v) is 6.90. The second-order valence-corrected chi connectivity index (χ2v) is 2.71. The van der Waals surface area contributed by atoms with Gasteiger partial charge in [0.25, 0.3) is 5.97 Å². The molecule has 0 bridgehead atoms. The molecule has 1 rings (SSSR count). The minimum Gasteiger partial charge on any atom is -0.344 e. The van der Waals surface area contributed by atoms with Gasteiger partial charge in [0.05, 0.1) is 6.61 Å². The van der Waals surface area contributed by atoms with Crippen LogP contribution in [0.25, 0.3) is 0 Å². The van der Waals surface area contributed by atoms with E-state index in [2.05, 4.69) is 0 Å². The number of hydrogen-bond donors (Lipinski definition) is 2. The van der Waals surface area contributed by atoms with E-state index in [0.717, 1.165) is 5.56 Å². The molecule has 0 heterocycles. The van der Waals surface area contributed by atoms with Crippen molar-refractivity contribution in [3.63, 3.8) is 0 Å². The third kappa shape index (κ3) is 3.48. The fourth-order valence-corrected chi connectivity index (χ4v) is 0.794. The van der Waals surface area contributed by atoms with Crippen LogP contribution in [0.2, 0.25) is 0 Å². The lowest BCUT2D eigenvalue weighted by Crippen LogP contribution is -2.26. The van der Waals surface area contributed by atoms with E-state index in [-0.39, 0.29) is 6.61 Å². The second-order valence-electron chi connectivity index (χ2n) is 2.71. The molecule has 0 aliphatic heterocycles. The molecule has 0 aliphatic rings. The number of benzene rings is 1. The van der Waals surface area contributed by atoms with Crippen molar-refractivity contribution in [1.82, 2.24) is 0 Å². The van der Waals surface area contributed by atoms with E-state index in [0.29, 0.717) is 0 Å². The fourth-order valence-electron chi connectivity index (χ4n) is 0.794. The predicted molar refractivity (Wildman–Crippen MR) is 44.1 cm³/mol. The van der Waals surface area contributed by atoms with Gasteiger partial charge in [0.15, 0.2) is 0 Å². The Kier molecular flexibility index (Phi) is 2.81. The summed E-state index contributed by atoms with van der Waals surface area (Å²) in [5, 5.41) is 17.6. The summed E-state index contributed by atoms with van der Waals surface area (Å²) in [6.45, 7) is 1.38. The molecule has 0 atom stereocenters. The maximum absolute atomic E-state index is 8.81. The lowest BCUT2D eigenvalue weighted by atomic mass is 10.2. The minimum absolute atomic E-state index is 0.199. The van der Waals surface area contributed by atoms with Gasteiger partial charge in [-0.25, -0.2) is 0 Å². The molecule has 0 spiro atoms. The molecule has 12 heavy (non-hydrogen) atoms. The Hall–Kier alpha value is -0.900. The normalized spacial score (nSPS) is 11.6. The first-order valence-electron chi connectivity index (χ1n) is 3.70. The van der Waals surface area contributed by atoms with Crippen molar-refractivity contribution in [1.29, 1.82) is 0 Å². The maximum atomic E-state index is 8.81. The molecule has 0 saturated heterocycles. The highest BCUT2D eigenvalue weighted by Gasteiger charge is 2.14. The Morgan fingerprint density at radius 3 is 2.33 bits per heavy atom. The van der Waals surface area contributed by atoms with Gasteiger partial charge in [-0.15, -0.1) is 0 Å². The Labute approximate surface area is 71.2 Å². The predicted octanol–water partition coefficient (Wildman–Crippen LogP) is 0.862. The Morgan fingerprint density at radius 1 is 1.25 bits per heavy atom. The molecule has 1 aromatic carbocycles. The standard InChI is InChI=1S/C9H12O3/c1-9(10,11)12-7-8-5-3-2-4-6-8/h2-6,10-11H,7H2,1H3. The lowest BCUT2D eigenvalue weighted by molar-refractivity contribution is -0.330. The molecule has 3 heteroatoms. The largest absolute Gasteiger partial charge is 0.344 e. The smallest absolute Gasteiger partial charge is 0.275 e. The molecule has 0 fully saturated rings. The molecule has 0 aromatic heterocycles. The molecule has 2 N–H and O–H groups in total. The van der Waals surface area contributed by atoms with Crippen molar-refractivity contribution < 1.29 is 14.9 Å². The third-order valence-corrected chi connectivity index (χ3v) is 1.36. The lowest BCUT2D eigenvalue weighted by Gasteiger charge is -2.15. The summed E-state index contributed by atoms with van der Waals surface area (Å²) in [5.74, 6) is -2.05. The average Bonchev–Trinajstić information content (AvgIpc) is 2.02. The number of ether oxygens (including phenoxy) is 1. The molecule has 0 radical (unpaired) electrons. The van der Waals surface area contributed by atoms with Crippen LogP contribution < -0.4 is 0 Å². The Morgan fingerprint density at radius 2 is 1.83 bits per heavy atom. The van der Waals surface area contributed by atoms with Gasteiger partial charge < -0.3 is 14.9 Å². The third-order valence-electron chi connectivity index (χ3n) is 1.36. The van der Waals surface area contributed by atoms with E-state index in [4.69, 9.17) is 14.9 Å².